The van der Waals surface area contributed by atoms with Crippen LogP contribution in [-0.2, 0) is 19.1 Å². The topological polar surface area (TPSA) is 93.7 Å². The first-order valence-corrected chi connectivity index (χ1v) is 5.59. The third-order valence-corrected chi connectivity index (χ3v) is 1.69. The maximum atomic E-state index is 11.5. The molecule has 7 nitrogen and oxygen atoms in total. The van der Waals surface area contributed by atoms with Crippen LogP contribution in [0.5, 0.6) is 0 Å². The Kier molecular flexibility index (Phi) is 6.15. The highest BCUT2D eigenvalue weighted by molar-refractivity contribution is 6.04. The summed E-state index contributed by atoms with van der Waals surface area (Å²) in [6.07, 6.45) is -0.857. The van der Waals surface area contributed by atoms with Gasteiger partial charge < -0.3 is 14.8 Å². The van der Waals surface area contributed by atoms with Crippen LogP contribution in [0.1, 0.15) is 27.7 Å². The molecule has 18 heavy (non-hydrogen) atoms. The van der Waals surface area contributed by atoms with Gasteiger partial charge in [-0.3, -0.25) is 10.1 Å². The Morgan fingerprint density at radius 3 is 2.17 bits per heavy atom. The van der Waals surface area contributed by atoms with Crippen molar-refractivity contribution in [3.8, 4) is 0 Å². The highest BCUT2D eigenvalue weighted by Gasteiger charge is 2.30. The number of esters is 1. The number of nitrogens with one attached hydrogen (secondary N) is 2. The number of ether oxygens (including phenoxy) is 2. The van der Waals surface area contributed by atoms with Gasteiger partial charge in [-0.2, -0.15) is 0 Å². The Balaban J connectivity index is 4.65. The van der Waals surface area contributed by atoms with Crippen molar-refractivity contribution in [3.63, 3.8) is 0 Å². The summed E-state index contributed by atoms with van der Waals surface area (Å²) in [6.45, 7) is 6.73. The number of alkyl carbamates (subject to hydrolysis) is 1. The lowest BCUT2D eigenvalue weighted by Crippen LogP contribution is -2.52. The molecule has 0 aliphatic rings. The van der Waals surface area contributed by atoms with Crippen molar-refractivity contribution >= 4 is 18.0 Å². The predicted molar refractivity (Wildman–Crippen MR) is 63.9 cm³/mol. The van der Waals surface area contributed by atoms with Gasteiger partial charge in [0.2, 0.25) is 6.04 Å². The molecule has 0 aliphatic heterocycles. The van der Waals surface area contributed by atoms with Crippen molar-refractivity contribution in [1.82, 2.24) is 10.6 Å². The van der Waals surface area contributed by atoms with Crippen molar-refractivity contribution < 1.29 is 23.9 Å². The van der Waals surface area contributed by atoms with E-state index in [9.17, 15) is 14.4 Å². The summed E-state index contributed by atoms with van der Waals surface area (Å²) in [6, 6.07) is -1.41. The molecule has 2 amide bonds. The van der Waals surface area contributed by atoms with E-state index in [-0.39, 0.29) is 6.61 Å². The Hall–Kier alpha value is -1.79. The molecule has 0 fully saturated rings. The Morgan fingerprint density at radius 1 is 1.22 bits per heavy atom. The van der Waals surface area contributed by atoms with Gasteiger partial charge in [0.25, 0.3) is 5.91 Å². The van der Waals surface area contributed by atoms with Gasteiger partial charge in [0, 0.05) is 7.05 Å². The molecule has 7 heteroatoms. The first-order chi connectivity index (χ1) is 8.21. The average molecular weight is 260 g/mol. The standard InChI is InChI=1S/C11H20N2O5/c1-6-17-9(15)7(8(14)12-5)13-10(16)18-11(2,3)4/h7H,6H2,1-5H3,(H,12,14)(H,13,16). The van der Waals surface area contributed by atoms with Gasteiger partial charge in [0.05, 0.1) is 6.61 Å². The molecule has 0 spiro atoms. The first kappa shape index (κ1) is 16.2. The molecular formula is C11H20N2O5. The van der Waals surface area contributed by atoms with Crippen molar-refractivity contribution in [3.05, 3.63) is 0 Å². The third-order valence-electron chi connectivity index (χ3n) is 1.69. The van der Waals surface area contributed by atoms with Crippen LogP contribution in [0.15, 0.2) is 0 Å². The Morgan fingerprint density at radius 2 is 1.78 bits per heavy atom. The van der Waals surface area contributed by atoms with Crippen LogP contribution < -0.4 is 10.6 Å². The minimum absolute atomic E-state index is 0.113. The first-order valence-electron chi connectivity index (χ1n) is 5.59. The van der Waals surface area contributed by atoms with E-state index >= 15 is 0 Å². The average Bonchev–Trinajstić information content (AvgIpc) is 2.22. The van der Waals surface area contributed by atoms with E-state index in [1.54, 1.807) is 27.7 Å². The molecule has 0 radical (unpaired) electrons. The van der Waals surface area contributed by atoms with Crippen LogP contribution in [-0.4, -0.2) is 43.3 Å². The number of hydrogen-bond donors (Lipinski definition) is 2. The largest absolute Gasteiger partial charge is 0.464 e. The predicted octanol–water partition coefficient (Wildman–Crippen LogP) is 0.189. The van der Waals surface area contributed by atoms with Crippen LogP contribution in [0.3, 0.4) is 0 Å². The summed E-state index contributed by atoms with van der Waals surface area (Å²) >= 11 is 0. The van der Waals surface area contributed by atoms with Crippen LogP contribution in [0.2, 0.25) is 0 Å². The number of carbonyl (C=O) groups excluding carboxylic acids is 3. The zero-order valence-corrected chi connectivity index (χ0v) is 11.3. The van der Waals surface area contributed by atoms with E-state index in [1.165, 1.54) is 7.05 Å². The van der Waals surface area contributed by atoms with Crippen molar-refractivity contribution in [1.29, 1.82) is 0 Å². The zero-order valence-electron chi connectivity index (χ0n) is 11.3. The molecule has 0 aromatic heterocycles. The highest BCUT2D eigenvalue weighted by Crippen LogP contribution is 2.07. The van der Waals surface area contributed by atoms with Gasteiger partial charge in [-0.15, -0.1) is 0 Å². The lowest BCUT2D eigenvalue weighted by Gasteiger charge is -2.22. The van der Waals surface area contributed by atoms with Crippen molar-refractivity contribution in [2.45, 2.75) is 39.3 Å². The van der Waals surface area contributed by atoms with Gasteiger partial charge in [-0.05, 0) is 27.7 Å². The molecule has 0 aliphatic carbocycles. The summed E-state index contributed by atoms with van der Waals surface area (Å²) in [7, 11) is 1.35. The molecule has 1 unspecified atom stereocenters. The quantitative estimate of drug-likeness (QED) is 0.556. The van der Waals surface area contributed by atoms with E-state index in [2.05, 4.69) is 15.4 Å². The van der Waals surface area contributed by atoms with Crippen LogP contribution in [0.4, 0.5) is 4.79 Å². The molecule has 104 valence electrons. The fraction of sp³-hybridized carbons (Fsp3) is 0.727. The van der Waals surface area contributed by atoms with Crippen LogP contribution in [0.25, 0.3) is 0 Å². The molecule has 0 saturated heterocycles. The lowest BCUT2D eigenvalue weighted by atomic mass is 10.2. The second-order valence-corrected chi connectivity index (χ2v) is 4.45. The third kappa shape index (κ3) is 6.07. The number of amides is 2. The molecule has 0 aromatic rings. The Labute approximate surface area is 106 Å². The molecular weight excluding hydrogens is 240 g/mol. The van der Waals surface area contributed by atoms with Crippen LogP contribution >= 0.6 is 0 Å². The second kappa shape index (κ2) is 6.83. The number of carbonyl (C=O) groups is 3. The number of likely N-dealkylation sites (N-methyl/N-ethyl adjacent to an activating group) is 1. The van der Waals surface area contributed by atoms with Crippen molar-refractivity contribution in [2.24, 2.45) is 0 Å². The summed E-state index contributed by atoms with van der Waals surface area (Å²) in [5, 5.41) is 4.42. The molecule has 1 atom stereocenters. The maximum Gasteiger partial charge on any atom is 0.408 e. The fourth-order valence-electron chi connectivity index (χ4n) is 1.03. The molecule has 0 bridgehead atoms. The molecule has 2 N–H and O–H groups in total. The monoisotopic (exact) mass is 260 g/mol. The highest BCUT2D eigenvalue weighted by atomic mass is 16.6. The Bertz CT molecular complexity index is 322. The van der Waals surface area contributed by atoms with E-state index in [4.69, 9.17) is 4.74 Å². The smallest absolute Gasteiger partial charge is 0.408 e. The van der Waals surface area contributed by atoms with E-state index in [0.29, 0.717) is 0 Å². The van der Waals surface area contributed by atoms with E-state index in [0.717, 1.165) is 0 Å². The maximum absolute atomic E-state index is 11.5. The van der Waals surface area contributed by atoms with Gasteiger partial charge in [-0.1, -0.05) is 0 Å². The van der Waals surface area contributed by atoms with Gasteiger partial charge in [-0.25, -0.2) is 9.59 Å². The lowest BCUT2D eigenvalue weighted by molar-refractivity contribution is -0.149. The zero-order chi connectivity index (χ0) is 14.3. The van der Waals surface area contributed by atoms with Crippen LogP contribution in [0, 0.1) is 0 Å². The molecule has 0 saturated carbocycles. The molecule has 0 rings (SSSR count). The van der Waals surface area contributed by atoms with Gasteiger partial charge in [0.15, 0.2) is 0 Å². The fourth-order valence-corrected chi connectivity index (χ4v) is 1.03. The molecule has 0 aromatic carbocycles. The number of rotatable bonds is 4. The van der Waals surface area contributed by atoms with E-state index in [1.807, 2.05) is 0 Å². The summed E-state index contributed by atoms with van der Waals surface area (Å²) in [4.78, 5) is 34.4. The summed E-state index contributed by atoms with van der Waals surface area (Å²) < 4.78 is 9.64. The normalized spacial score (nSPS) is 12.3. The second-order valence-electron chi connectivity index (χ2n) is 4.45. The van der Waals surface area contributed by atoms with Gasteiger partial charge in [0.1, 0.15) is 5.60 Å². The molecule has 0 heterocycles. The summed E-state index contributed by atoms with van der Waals surface area (Å²) in [5.74, 6) is -1.50. The number of hydrogen-bond acceptors (Lipinski definition) is 5. The minimum Gasteiger partial charge on any atom is -0.464 e. The van der Waals surface area contributed by atoms with Gasteiger partial charge >= 0.3 is 12.1 Å². The minimum atomic E-state index is -1.41. The van der Waals surface area contributed by atoms with Crippen molar-refractivity contribution in [2.75, 3.05) is 13.7 Å². The SMILES string of the molecule is CCOC(=O)C(NC(=O)OC(C)(C)C)C(=O)NC. The summed E-state index contributed by atoms with van der Waals surface area (Å²) in [5.41, 5.74) is -0.716. The van der Waals surface area contributed by atoms with E-state index < -0.39 is 29.6 Å².